The Hall–Kier alpha value is -3.21. The Labute approximate surface area is 146 Å². The number of phenolic OH excluding ortho intramolecular Hbond substituents is 1. The third-order valence-electron chi connectivity index (χ3n) is 3.87. The van der Waals surface area contributed by atoms with Crippen LogP contribution in [0.2, 0.25) is 0 Å². The molecule has 5 heteroatoms. The fourth-order valence-corrected chi connectivity index (χ4v) is 2.62. The highest BCUT2D eigenvalue weighted by atomic mass is 16.5. The minimum atomic E-state index is 0.226. The third kappa shape index (κ3) is 3.35. The van der Waals surface area contributed by atoms with Crippen molar-refractivity contribution < 1.29 is 19.3 Å². The van der Waals surface area contributed by atoms with Gasteiger partial charge in [0, 0.05) is 11.1 Å². The number of aromatic hydroxyl groups is 1. The quantitative estimate of drug-likeness (QED) is 0.758. The first-order valence-electron chi connectivity index (χ1n) is 7.73. The Kier molecular flexibility index (Phi) is 4.75. The zero-order valence-corrected chi connectivity index (χ0v) is 14.3. The van der Waals surface area contributed by atoms with Gasteiger partial charge in [0.15, 0.2) is 11.5 Å². The van der Waals surface area contributed by atoms with Crippen LogP contribution in [-0.2, 0) is 0 Å². The first-order valence-corrected chi connectivity index (χ1v) is 7.73. The Morgan fingerprint density at radius 1 is 0.720 bits per heavy atom. The summed E-state index contributed by atoms with van der Waals surface area (Å²) in [5.74, 6) is 1.93. The molecule has 0 aliphatic heterocycles. The van der Waals surface area contributed by atoms with Gasteiger partial charge in [-0.1, -0.05) is 6.07 Å². The fourth-order valence-electron chi connectivity index (χ4n) is 2.62. The van der Waals surface area contributed by atoms with Gasteiger partial charge >= 0.3 is 0 Å². The van der Waals surface area contributed by atoms with Crippen LogP contribution in [0.3, 0.4) is 0 Å². The average molecular weight is 337 g/mol. The molecule has 0 atom stereocenters. The highest BCUT2D eigenvalue weighted by molar-refractivity contribution is 5.71. The van der Waals surface area contributed by atoms with Crippen molar-refractivity contribution in [1.29, 1.82) is 0 Å². The molecule has 0 amide bonds. The van der Waals surface area contributed by atoms with E-state index < -0.39 is 0 Å². The van der Waals surface area contributed by atoms with Gasteiger partial charge in [-0.3, -0.25) is 0 Å². The molecule has 0 spiro atoms. The Morgan fingerprint density at radius 2 is 1.28 bits per heavy atom. The van der Waals surface area contributed by atoms with E-state index in [1.54, 1.807) is 33.5 Å². The predicted molar refractivity (Wildman–Crippen MR) is 96.4 cm³/mol. The van der Waals surface area contributed by atoms with E-state index in [1.165, 1.54) is 0 Å². The van der Waals surface area contributed by atoms with Crippen molar-refractivity contribution in [3.63, 3.8) is 0 Å². The molecule has 1 N–H and O–H groups in total. The normalized spacial score (nSPS) is 10.4. The Bertz CT molecular complexity index is 850. The minimum Gasteiger partial charge on any atom is -0.508 e. The zero-order valence-electron chi connectivity index (χ0n) is 14.3. The molecule has 0 saturated carbocycles. The summed E-state index contributed by atoms with van der Waals surface area (Å²) in [7, 11) is 4.74. The van der Waals surface area contributed by atoms with Gasteiger partial charge < -0.3 is 19.3 Å². The van der Waals surface area contributed by atoms with E-state index in [0.29, 0.717) is 17.2 Å². The second-order valence-corrected chi connectivity index (χ2v) is 5.37. The molecule has 0 fully saturated rings. The van der Waals surface area contributed by atoms with Gasteiger partial charge in [0.05, 0.1) is 32.7 Å². The van der Waals surface area contributed by atoms with Crippen molar-refractivity contribution in [3.8, 4) is 45.5 Å². The number of aromatic nitrogens is 1. The van der Waals surface area contributed by atoms with Gasteiger partial charge in [0.1, 0.15) is 5.75 Å². The summed E-state index contributed by atoms with van der Waals surface area (Å²) in [6, 6.07) is 16.5. The molecular formula is C20H19NO4. The van der Waals surface area contributed by atoms with Gasteiger partial charge in [0.25, 0.3) is 0 Å². The van der Waals surface area contributed by atoms with Crippen LogP contribution >= 0.6 is 0 Å². The van der Waals surface area contributed by atoms with Crippen molar-refractivity contribution >= 4 is 0 Å². The molecule has 5 nitrogen and oxygen atoms in total. The number of hydrogen-bond donors (Lipinski definition) is 1. The predicted octanol–water partition coefficient (Wildman–Crippen LogP) is 4.15. The molecule has 0 radical (unpaired) electrons. The topological polar surface area (TPSA) is 60.8 Å². The SMILES string of the molecule is COc1cc(-c2cccc(-c3ccc(O)cc3)n2)cc(OC)c1OC. The zero-order chi connectivity index (χ0) is 17.8. The lowest BCUT2D eigenvalue weighted by molar-refractivity contribution is 0.324. The van der Waals surface area contributed by atoms with Crippen LogP contribution in [0.1, 0.15) is 0 Å². The molecule has 1 heterocycles. The first kappa shape index (κ1) is 16.6. The van der Waals surface area contributed by atoms with E-state index in [0.717, 1.165) is 22.5 Å². The summed E-state index contributed by atoms with van der Waals surface area (Å²) in [6.45, 7) is 0. The molecule has 3 rings (SSSR count). The Morgan fingerprint density at radius 3 is 1.80 bits per heavy atom. The number of methoxy groups -OCH3 is 3. The van der Waals surface area contributed by atoms with Crippen LogP contribution in [0.5, 0.6) is 23.0 Å². The summed E-state index contributed by atoms with van der Waals surface area (Å²) in [5, 5.41) is 9.44. The van der Waals surface area contributed by atoms with Crippen LogP contribution < -0.4 is 14.2 Å². The van der Waals surface area contributed by atoms with E-state index in [-0.39, 0.29) is 5.75 Å². The van der Waals surface area contributed by atoms with E-state index in [1.807, 2.05) is 42.5 Å². The van der Waals surface area contributed by atoms with Gasteiger partial charge in [0.2, 0.25) is 5.75 Å². The van der Waals surface area contributed by atoms with Crippen molar-refractivity contribution in [1.82, 2.24) is 4.98 Å². The summed E-state index contributed by atoms with van der Waals surface area (Å²) in [5.41, 5.74) is 3.37. The Balaban J connectivity index is 2.08. The summed E-state index contributed by atoms with van der Waals surface area (Å²) >= 11 is 0. The molecule has 0 unspecified atom stereocenters. The number of phenols is 1. The van der Waals surface area contributed by atoms with Crippen LogP contribution in [0, 0.1) is 0 Å². The standard InChI is InChI=1S/C20H19NO4/c1-23-18-11-14(12-19(24-2)20(18)25-3)17-6-4-5-16(21-17)13-7-9-15(22)10-8-13/h4-12,22H,1-3H3. The maximum atomic E-state index is 9.44. The highest BCUT2D eigenvalue weighted by Crippen LogP contribution is 2.41. The molecule has 25 heavy (non-hydrogen) atoms. The molecule has 2 aromatic carbocycles. The number of rotatable bonds is 5. The van der Waals surface area contributed by atoms with E-state index in [9.17, 15) is 5.11 Å². The van der Waals surface area contributed by atoms with E-state index in [4.69, 9.17) is 19.2 Å². The van der Waals surface area contributed by atoms with Crippen LogP contribution in [0.15, 0.2) is 54.6 Å². The first-order chi connectivity index (χ1) is 12.2. The lowest BCUT2D eigenvalue weighted by Crippen LogP contribution is -1.96. The molecule has 0 saturated heterocycles. The van der Waals surface area contributed by atoms with Crippen molar-refractivity contribution in [2.75, 3.05) is 21.3 Å². The van der Waals surface area contributed by atoms with Gasteiger partial charge in [-0.15, -0.1) is 0 Å². The smallest absolute Gasteiger partial charge is 0.203 e. The molecule has 0 aliphatic carbocycles. The van der Waals surface area contributed by atoms with Crippen molar-refractivity contribution in [3.05, 3.63) is 54.6 Å². The van der Waals surface area contributed by atoms with E-state index >= 15 is 0 Å². The van der Waals surface area contributed by atoms with Crippen molar-refractivity contribution in [2.24, 2.45) is 0 Å². The average Bonchev–Trinajstić information content (AvgIpc) is 2.67. The van der Waals surface area contributed by atoms with Gasteiger partial charge in [-0.2, -0.15) is 0 Å². The lowest BCUT2D eigenvalue weighted by atomic mass is 10.1. The van der Waals surface area contributed by atoms with E-state index in [2.05, 4.69) is 0 Å². The molecule has 3 aromatic rings. The number of hydrogen-bond acceptors (Lipinski definition) is 5. The van der Waals surface area contributed by atoms with Crippen LogP contribution in [0.25, 0.3) is 22.5 Å². The summed E-state index contributed by atoms with van der Waals surface area (Å²) in [4.78, 5) is 4.72. The molecule has 1 aromatic heterocycles. The molecule has 0 aliphatic rings. The fraction of sp³-hybridized carbons (Fsp3) is 0.150. The van der Waals surface area contributed by atoms with Gasteiger partial charge in [-0.25, -0.2) is 4.98 Å². The largest absolute Gasteiger partial charge is 0.508 e. The molecular weight excluding hydrogens is 318 g/mol. The third-order valence-corrected chi connectivity index (χ3v) is 3.87. The second-order valence-electron chi connectivity index (χ2n) is 5.37. The summed E-state index contributed by atoms with van der Waals surface area (Å²) < 4.78 is 16.2. The minimum absolute atomic E-state index is 0.226. The number of pyridine rings is 1. The lowest BCUT2D eigenvalue weighted by Gasteiger charge is -2.14. The number of nitrogens with zero attached hydrogens (tertiary/aromatic N) is 1. The van der Waals surface area contributed by atoms with Crippen LogP contribution in [0.4, 0.5) is 0 Å². The van der Waals surface area contributed by atoms with Crippen LogP contribution in [-0.4, -0.2) is 31.4 Å². The number of ether oxygens (including phenoxy) is 3. The maximum Gasteiger partial charge on any atom is 0.203 e. The molecule has 128 valence electrons. The molecule has 0 bridgehead atoms. The van der Waals surface area contributed by atoms with Crippen molar-refractivity contribution in [2.45, 2.75) is 0 Å². The van der Waals surface area contributed by atoms with Gasteiger partial charge in [-0.05, 0) is 48.5 Å². The monoisotopic (exact) mass is 337 g/mol. The second kappa shape index (κ2) is 7.13. The highest BCUT2D eigenvalue weighted by Gasteiger charge is 2.15. The number of benzene rings is 2. The maximum absolute atomic E-state index is 9.44. The summed E-state index contributed by atoms with van der Waals surface area (Å²) in [6.07, 6.45) is 0.